The molecular formula is C23H30N8O2. The van der Waals surface area contributed by atoms with Crippen LogP contribution in [0.5, 0.6) is 0 Å². The van der Waals surface area contributed by atoms with Crippen LogP contribution in [0.2, 0.25) is 0 Å². The van der Waals surface area contributed by atoms with E-state index in [1.807, 2.05) is 24.0 Å². The smallest absolute Gasteiger partial charge is 0.233 e. The molecule has 10 heteroatoms. The second kappa shape index (κ2) is 8.40. The van der Waals surface area contributed by atoms with Gasteiger partial charge in [0.05, 0.1) is 11.1 Å². The van der Waals surface area contributed by atoms with Gasteiger partial charge in [0.25, 0.3) is 0 Å². The Bertz CT molecular complexity index is 1070. The first-order valence-corrected chi connectivity index (χ1v) is 11.8. The van der Waals surface area contributed by atoms with Gasteiger partial charge in [-0.15, -0.1) is 10.2 Å². The lowest BCUT2D eigenvalue weighted by atomic mass is 9.67. The van der Waals surface area contributed by atoms with Gasteiger partial charge in [0.2, 0.25) is 5.91 Å². The Morgan fingerprint density at radius 3 is 2.58 bits per heavy atom. The summed E-state index contributed by atoms with van der Waals surface area (Å²) in [6.45, 7) is 5.47. The number of likely N-dealkylation sites (tertiary alicyclic amines) is 1. The maximum atomic E-state index is 13.5. The average molecular weight is 451 g/mol. The molecule has 3 heterocycles. The Kier molecular flexibility index (Phi) is 5.55. The topological polar surface area (TPSA) is 119 Å². The van der Waals surface area contributed by atoms with Crippen molar-refractivity contribution in [2.24, 2.45) is 5.41 Å². The third-order valence-electron chi connectivity index (χ3n) is 7.80. The fourth-order valence-corrected chi connectivity index (χ4v) is 5.43. The Balaban J connectivity index is 1.19. The van der Waals surface area contributed by atoms with E-state index in [0.717, 1.165) is 68.5 Å². The molecule has 0 atom stereocenters. The number of carbonyl (C=O) groups excluding carboxylic acids is 2. The van der Waals surface area contributed by atoms with E-state index in [2.05, 4.69) is 38.0 Å². The molecule has 2 fully saturated rings. The average Bonchev–Trinajstić information content (AvgIpc) is 3.47. The molecule has 2 aliphatic carbocycles. The van der Waals surface area contributed by atoms with Gasteiger partial charge in [0, 0.05) is 36.3 Å². The van der Waals surface area contributed by atoms with Gasteiger partial charge in [-0.1, -0.05) is 0 Å². The van der Waals surface area contributed by atoms with Gasteiger partial charge in [-0.05, 0) is 81.4 Å². The number of tetrazole rings is 1. The van der Waals surface area contributed by atoms with Crippen molar-refractivity contribution in [1.29, 1.82) is 0 Å². The van der Waals surface area contributed by atoms with E-state index in [1.54, 1.807) is 0 Å². The normalized spacial score (nSPS) is 28.2. The second-order valence-electron chi connectivity index (χ2n) is 9.89. The van der Waals surface area contributed by atoms with E-state index in [0.29, 0.717) is 18.8 Å². The SMILES string of the molecule is CC1=C(N2CCC3(CCC(C)(NCc4ccc(-n5cnnn5)nn4)CC3)C2=O)CCCC1=O. The molecule has 1 spiro atoms. The number of rotatable bonds is 5. The van der Waals surface area contributed by atoms with Crippen LogP contribution >= 0.6 is 0 Å². The van der Waals surface area contributed by atoms with Crippen LogP contribution in [-0.4, -0.2) is 59.1 Å². The lowest BCUT2D eigenvalue weighted by Crippen LogP contribution is -2.49. The van der Waals surface area contributed by atoms with Crippen molar-refractivity contribution < 1.29 is 9.59 Å². The van der Waals surface area contributed by atoms with Crippen molar-refractivity contribution in [3.05, 3.63) is 35.4 Å². The molecular weight excluding hydrogens is 420 g/mol. The highest BCUT2D eigenvalue weighted by Gasteiger charge is 2.51. The standard InChI is InChI=1S/C23H30N8O2/c1-16-18(4-3-5-19(16)32)30-13-12-23(21(30)33)10-8-22(2,9-11-23)24-14-17-6-7-20(27-26-17)31-15-25-28-29-31/h6-7,15,24H,3-5,8-14H2,1-2H3. The summed E-state index contributed by atoms with van der Waals surface area (Å²) in [7, 11) is 0. The summed E-state index contributed by atoms with van der Waals surface area (Å²) in [6, 6.07) is 3.77. The number of allylic oxidation sites excluding steroid dienone is 2. The Morgan fingerprint density at radius 1 is 1.06 bits per heavy atom. The van der Waals surface area contributed by atoms with Crippen molar-refractivity contribution in [1.82, 2.24) is 40.6 Å². The van der Waals surface area contributed by atoms with Gasteiger partial charge in [0.15, 0.2) is 11.6 Å². The molecule has 1 aliphatic heterocycles. The van der Waals surface area contributed by atoms with E-state index >= 15 is 0 Å². The Labute approximate surface area is 192 Å². The lowest BCUT2D eigenvalue weighted by molar-refractivity contribution is -0.137. The number of nitrogens with one attached hydrogen (secondary N) is 1. The second-order valence-corrected chi connectivity index (χ2v) is 9.89. The first-order valence-electron chi connectivity index (χ1n) is 11.8. The molecule has 1 amide bonds. The van der Waals surface area contributed by atoms with E-state index in [9.17, 15) is 9.59 Å². The molecule has 2 aromatic heterocycles. The van der Waals surface area contributed by atoms with Crippen molar-refractivity contribution in [2.45, 2.75) is 77.3 Å². The highest BCUT2D eigenvalue weighted by molar-refractivity contribution is 5.97. The first-order chi connectivity index (χ1) is 15.9. The largest absolute Gasteiger partial charge is 0.315 e. The molecule has 5 rings (SSSR count). The van der Waals surface area contributed by atoms with E-state index in [-0.39, 0.29) is 22.6 Å². The van der Waals surface area contributed by atoms with E-state index in [1.165, 1.54) is 11.0 Å². The third kappa shape index (κ3) is 4.07. The molecule has 0 bridgehead atoms. The molecule has 2 aromatic rings. The Morgan fingerprint density at radius 2 is 1.88 bits per heavy atom. The van der Waals surface area contributed by atoms with Crippen molar-refractivity contribution >= 4 is 11.7 Å². The number of amides is 1. The number of Topliss-reactive ketones (excluding diaryl/α,β-unsaturated/α-hetero) is 1. The van der Waals surface area contributed by atoms with Gasteiger partial charge in [-0.2, -0.15) is 9.78 Å². The minimum Gasteiger partial charge on any atom is -0.315 e. The number of aromatic nitrogens is 6. The molecule has 174 valence electrons. The predicted octanol–water partition coefficient (Wildman–Crippen LogP) is 2.12. The molecule has 0 radical (unpaired) electrons. The van der Waals surface area contributed by atoms with E-state index in [4.69, 9.17) is 0 Å². The van der Waals surface area contributed by atoms with Gasteiger partial charge in [-0.25, -0.2) is 0 Å². The predicted molar refractivity (Wildman–Crippen MR) is 119 cm³/mol. The molecule has 33 heavy (non-hydrogen) atoms. The molecule has 0 aromatic carbocycles. The van der Waals surface area contributed by atoms with Crippen LogP contribution in [0.3, 0.4) is 0 Å². The van der Waals surface area contributed by atoms with Crippen LogP contribution in [0.1, 0.15) is 70.9 Å². The number of ketones is 1. The van der Waals surface area contributed by atoms with Crippen LogP contribution in [-0.2, 0) is 16.1 Å². The summed E-state index contributed by atoms with van der Waals surface area (Å²) in [5, 5.41) is 23.2. The zero-order chi connectivity index (χ0) is 23.1. The maximum Gasteiger partial charge on any atom is 0.233 e. The van der Waals surface area contributed by atoms with Gasteiger partial charge in [0.1, 0.15) is 6.33 Å². The quantitative estimate of drug-likeness (QED) is 0.736. The number of hydrogen-bond acceptors (Lipinski definition) is 8. The fraction of sp³-hybridized carbons (Fsp3) is 0.609. The minimum atomic E-state index is -0.276. The first kappa shape index (κ1) is 21.8. The minimum absolute atomic E-state index is 0.0505. The highest BCUT2D eigenvalue weighted by atomic mass is 16.2. The van der Waals surface area contributed by atoms with Crippen molar-refractivity contribution in [3.8, 4) is 5.82 Å². The lowest BCUT2D eigenvalue weighted by Gasteiger charge is -2.42. The van der Waals surface area contributed by atoms with Crippen LogP contribution in [0, 0.1) is 5.41 Å². The number of hydrogen-bond donors (Lipinski definition) is 1. The Hall–Kier alpha value is -3.01. The maximum absolute atomic E-state index is 13.5. The summed E-state index contributed by atoms with van der Waals surface area (Å²) >= 11 is 0. The zero-order valence-electron chi connectivity index (χ0n) is 19.3. The zero-order valence-corrected chi connectivity index (χ0v) is 19.3. The van der Waals surface area contributed by atoms with Crippen LogP contribution < -0.4 is 5.32 Å². The van der Waals surface area contributed by atoms with Crippen LogP contribution in [0.15, 0.2) is 29.7 Å². The van der Waals surface area contributed by atoms with Gasteiger partial charge < -0.3 is 10.2 Å². The third-order valence-corrected chi connectivity index (χ3v) is 7.80. The summed E-state index contributed by atoms with van der Waals surface area (Å²) in [6.07, 6.45) is 8.27. The summed E-state index contributed by atoms with van der Waals surface area (Å²) in [4.78, 5) is 27.6. The molecule has 1 saturated carbocycles. The molecule has 1 saturated heterocycles. The molecule has 1 N–H and O–H groups in total. The molecule has 0 unspecified atom stereocenters. The summed E-state index contributed by atoms with van der Waals surface area (Å²) in [5.74, 6) is 1.00. The van der Waals surface area contributed by atoms with Crippen LogP contribution in [0.4, 0.5) is 0 Å². The summed E-state index contributed by atoms with van der Waals surface area (Å²) in [5.41, 5.74) is 2.29. The number of carbonyl (C=O) groups is 2. The van der Waals surface area contributed by atoms with Crippen molar-refractivity contribution in [3.63, 3.8) is 0 Å². The monoisotopic (exact) mass is 450 g/mol. The van der Waals surface area contributed by atoms with Gasteiger partial charge >= 0.3 is 0 Å². The highest BCUT2D eigenvalue weighted by Crippen LogP contribution is 2.49. The number of nitrogens with zero attached hydrogens (tertiary/aromatic N) is 7. The fourth-order valence-electron chi connectivity index (χ4n) is 5.43. The van der Waals surface area contributed by atoms with Gasteiger partial charge in [-0.3, -0.25) is 9.59 Å². The van der Waals surface area contributed by atoms with E-state index < -0.39 is 0 Å². The molecule has 3 aliphatic rings. The molecule has 10 nitrogen and oxygen atoms in total. The van der Waals surface area contributed by atoms with Crippen LogP contribution in [0.25, 0.3) is 5.82 Å². The summed E-state index contributed by atoms with van der Waals surface area (Å²) < 4.78 is 1.47. The van der Waals surface area contributed by atoms with Crippen molar-refractivity contribution in [2.75, 3.05) is 6.54 Å².